The lowest BCUT2D eigenvalue weighted by molar-refractivity contribution is 0.0604. The summed E-state index contributed by atoms with van der Waals surface area (Å²) in [6, 6.07) is 7.90. The van der Waals surface area contributed by atoms with E-state index in [-0.39, 0.29) is 0 Å². The third-order valence-electron chi connectivity index (χ3n) is 2.95. The molecule has 2 rings (SSSR count). The molecule has 1 atom stereocenters. The first-order chi connectivity index (χ1) is 8.59. The van der Waals surface area contributed by atoms with Gasteiger partial charge in [-0.15, -0.1) is 11.3 Å². The van der Waals surface area contributed by atoms with Gasteiger partial charge in [-0.25, -0.2) is 0 Å². The van der Waals surface area contributed by atoms with Crippen LogP contribution in [0.5, 0.6) is 0 Å². The first-order valence-electron chi connectivity index (χ1n) is 5.97. The van der Waals surface area contributed by atoms with E-state index in [0.29, 0.717) is 6.54 Å². The molecule has 4 heteroatoms. The molecule has 0 aliphatic rings. The summed E-state index contributed by atoms with van der Waals surface area (Å²) in [5, 5.41) is 15.6. The zero-order valence-electron chi connectivity index (χ0n) is 10.7. The van der Waals surface area contributed by atoms with Crippen molar-refractivity contribution < 1.29 is 5.11 Å². The molecule has 0 bridgehead atoms. The Labute approximate surface area is 112 Å². The Kier molecular flexibility index (Phi) is 4.11. The molecule has 0 aromatic carbocycles. The smallest absolute Gasteiger partial charge is 0.108 e. The second-order valence-electron chi connectivity index (χ2n) is 4.60. The number of nitrogens with one attached hydrogen (secondary N) is 1. The van der Waals surface area contributed by atoms with Crippen molar-refractivity contribution in [2.75, 3.05) is 6.54 Å². The first kappa shape index (κ1) is 13.2. The van der Waals surface area contributed by atoms with Crippen molar-refractivity contribution in [2.45, 2.75) is 26.0 Å². The van der Waals surface area contributed by atoms with Gasteiger partial charge in [0, 0.05) is 29.9 Å². The van der Waals surface area contributed by atoms with Crippen LogP contribution in [0.3, 0.4) is 0 Å². The minimum atomic E-state index is -0.815. The van der Waals surface area contributed by atoms with Crippen LogP contribution in [0.1, 0.15) is 23.1 Å². The highest BCUT2D eigenvalue weighted by molar-refractivity contribution is 7.10. The Morgan fingerprint density at radius 3 is 2.89 bits per heavy atom. The molecule has 2 N–H and O–H groups in total. The molecule has 2 aromatic heterocycles. The highest BCUT2D eigenvalue weighted by Gasteiger charge is 2.23. The maximum atomic E-state index is 10.4. The average molecular weight is 262 g/mol. The molecule has 96 valence electrons. The van der Waals surface area contributed by atoms with E-state index < -0.39 is 5.60 Å². The quantitative estimate of drug-likeness (QED) is 0.870. The van der Waals surface area contributed by atoms with Gasteiger partial charge in [0.25, 0.3) is 0 Å². The fourth-order valence-electron chi connectivity index (χ4n) is 1.82. The molecular weight excluding hydrogens is 244 g/mol. The van der Waals surface area contributed by atoms with Gasteiger partial charge < -0.3 is 10.4 Å². The van der Waals surface area contributed by atoms with Crippen LogP contribution in [-0.4, -0.2) is 16.6 Å². The van der Waals surface area contributed by atoms with Crippen LogP contribution >= 0.6 is 11.3 Å². The lowest BCUT2D eigenvalue weighted by Gasteiger charge is -2.22. The van der Waals surface area contributed by atoms with Crippen molar-refractivity contribution in [3.63, 3.8) is 0 Å². The lowest BCUT2D eigenvalue weighted by Crippen LogP contribution is -2.34. The van der Waals surface area contributed by atoms with E-state index >= 15 is 0 Å². The van der Waals surface area contributed by atoms with Crippen molar-refractivity contribution in [1.29, 1.82) is 0 Å². The second-order valence-corrected chi connectivity index (χ2v) is 5.55. The SMILES string of the molecule is Cc1ncccc1CNCC(C)(O)c1cccs1. The first-order valence-corrected chi connectivity index (χ1v) is 6.85. The van der Waals surface area contributed by atoms with Crippen LogP contribution in [0.2, 0.25) is 0 Å². The molecule has 2 heterocycles. The van der Waals surface area contributed by atoms with Crippen LogP contribution in [-0.2, 0) is 12.1 Å². The molecule has 18 heavy (non-hydrogen) atoms. The molecule has 3 nitrogen and oxygen atoms in total. The maximum Gasteiger partial charge on any atom is 0.108 e. The fourth-order valence-corrected chi connectivity index (χ4v) is 2.60. The van der Waals surface area contributed by atoms with Crippen LogP contribution in [0.4, 0.5) is 0 Å². The van der Waals surface area contributed by atoms with Crippen LogP contribution in [0.15, 0.2) is 35.8 Å². The summed E-state index contributed by atoms with van der Waals surface area (Å²) in [5.41, 5.74) is 1.38. The summed E-state index contributed by atoms with van der Waals surface area (Å²) >= 11 is 1.58. The van der Waals surface area contributed by atoms with Crippen molar-refractivity contribution in [2.24, 2.45) is 0 Å². The largest absolute Gasteiger partial charge is 0.383 e. The summed E-state index contributed by atoms with van der Waals surface area (Å²) in [7, 11) is 0. The number of hydrogen-bond acceptors (Lipinski definition) is 4. The van der Waals surface area contributed by atoms with E-state index in [2.05, 4.69) is 16.4 Å². The molecule has 1 unspecified atom stereocenters. The molecule has 0 spiro atoms. The van der Waals surface area contributed by atoms with Gasteiger partial charge in [-0.1, -0.05) is 12.1 Å². The number of aliphatic hydroxyl groups is 1. The third-order valence-corrected chi connectivity index (χ3v) is 4.08. The number of aromatic nitrogens is 1. The van der Waals surface area contributed by atoms with Crippen LogP contribution in [0, 0.1) is 6.92 Å². The van der Waals surface area contributed by atoms with Gasteiger partial charge in [-0.05, 0) is 36.9 Å². The highest BCUT2D eigenvalue weighted by Crippen LogP contribution is 2.24. The normalized spacial score (nSPS) is 14.4. The van der Waals surface area contributed by atoms with Gasteiger partial charge in [0.15, 0.2) is 0 Å². The molecule has 0 radical (unpaired) electrons. The number of pyridine rings is 1. The van der Waals surface area contributed by atoms with Gasteiger partial charge in [0.1, 0.15) is 5.60 Å². The van der Waals surface area contributed by atoms with E-state index in [1.54, 1.807) is 17.5 Å². The average Bonchev–Trinajstić information content (AvgIpc) is 2.86. The highest BCUT2D eigenvalue weighted by atomic mass is 32.1. The summed E-state index contributed by atoms with van der Waals surface area (Å²) in [6.45, 7) is 5.08. The minimum Gasteiger partial charge on any atom is -0.383 e. The Morgan fingerprint density at radius 1 is 1.39 bits per heavy atom. The van der Waals surface area contributed by atoms with E-state index in [9.17, 15) is 5.11 Å². The van der Waals surface area contributed by atoms with Gasteiger partial charge in [-0.3, -0.25) is 4.98 Å². The molecule has 0 amide bonds. The van der Waals surface area contributed by atoms with Crippen LogP contribution < -0.4 is 5.32 Å². The summed E-state index contributed by atoms with van der Waals surface area (Å²) < 4.78 is 0. The summed E-state index contributed by atoms with van der Waals surface area (Å²) in [4.78, 5) is 5.23. The monoisotopic (exact) mass is 262 g/mol. The van der Waals surface area contributed by atoms with Crippen molar-refractivity contribution >= 4 is 11.3 Å². The van der Waals surface area contributed by atoms with Gasteiger partial charge in [-0.2, -0.15) is 0 Å². The Hall–Kier alpha value is -1.23. The lowest BCUT2D eigenvalue weighted by atomic mass is 10.1. The maximum absolute atomic E-state index is 10.4. The molecule has 0 aliphatic carbocycles. The Balaban J connectivity index is 1.91. The van der Waals surface area contributed by atoms with Crippen LogP contribution in [0.25, 0.3) is 0 Å². The molecular formula is C14H18N2OS. The Bertz CT molecular complexity index is 494. The molecule has 0 saturated heterocycles. The van der Waals surface area contributed by atoms with E-state index in [1.807, 2.05) is 37.4 Å². The molecule has 0 fully saturated rings. The third kappa shape index (κ3) is 3.16. The van der Waals surface area contributed by atoms with E-state index in [4.69, 9.17) is 0 Å². The number of rotatable bonds is 5. The number of hydrogen-bond donors (Lipinski definition) is 2. The van der Waals surface area contributed by atoms with Crippen molar-refractivity contribution in [3.05, 3.63) is 52.0 Å². The zero-order chi connectivity index (χ0) is 13.0. The predicted molar refractivity (Wildman–Crippen MR) is 74.6 cm³/mol. The topological polar surface area (TPSA) is 45.2 Å². The number of thiophene rings is 1. The van der Waals surface area contributed by atoms with E-state index in [0.717, 1.165) is 17.1 Å². The number of aryl methyl sites for hydroxylation is 1. The summed E-state index contributed by atoms with van der Waals surface area (Å²) in [5.74, 6) is 0. The van der Waals surface area contributed by atoms with Gasteiger partial charge in [0.2, 0.25) is 0 Å². The van der Waals surface area contributed by atoms with Gasteiger partial charge in [0.05, 0.1) is 0 Å². The number of nitrogens with zero attached hydrogens (tertiary/aromatic N) is 1. The van der Waals surface area contributed by atoms with Crippen molar-refractivity contribution in [3.8, 4) is 0 Å². The summed E-state index contributed by atoms with van der Waals surface area (Å²) in [6.07, 6.45) is 1.79. The second kappa shape index (κ2) is 5.61. The molecule has 2 aromatic rings. The van der Waals surface area contributed by atoms with Crippen molar-refractivity contribution in [1.82, 2.24) is 10.3 Å². The molecule has 0 saturated carbocycles. The minimum absolute atomic E-state index is 0.530. The van der Waals surface area contributed by atoms with Gasteiger partial charge >= 0.3 is 0 Å². The standard InChI is InChI=1S/C14H18N2OS/c1-11-12(5-3-7-16-11)9-15-10-14(2,17)13-6-4-8-18-13/h3-8,15,17H,9-10H2,1-2H3. The predicted octanol–water partition coefficient (Wildman–Crippen LogP) is 2.45. The fraction of sp³-hybridized carbons (Fsp3) is 0.357. The molecule has 0 aliphatic heterocycles. The zero-order valence-corrected chi connectivity index (χ0v) is 11.5. The van der Waals surface area contributed by atoms with E-state index in [1.165, 1.54) is 5.56 Å². The Morgan fingerprint density at radius 2 is 2.22 bits per heavy atom.